The van der Waals surface area contributed by atoms with Crippen molar-refractivity contribution in [3.8, 4) is 0 Å². The lowest BCUT2D eigenvalue weighted by Crippen LogP contribution is -2.61. The van der Waals surface area contributed by atoms with E-state index in [4.69, 9.17) is 32.9 Å². The van der Waals surface area contributed by atoms with Gasteiger partial charge in [0.2, 0.25) is 0 Å². The lowest BCUT2D eigenvalue weighted by Gasteiger charge is -2.44. The zero-order valence-electron chi connectivity index (χ0n) is 26.8. The first kappa shape index (κ1) is 37.6. The van der Waals surface area contributed by atoms with E-state index in [9.17, 15) is 0 Å². The first-order valence-electron chi connectivity index (χ1n) is 12.8. The summed E-state index contributed by atoms with van der Waals surface area (Å²) in [7, 11) is -19.8. The van der Waals surface area contributed by atoms with Crippen LogP contribution in [0.3, 0.4) is 0 Å². The van der Waals surface area contributed by atoms with Crippen molar-refractivity contribution in [3.63, 3.8) is 0 Å². The van der Waals surface area contributed by atoms with E-state index in [0.29, 0.717) is 0 Å². The summed E-state index contributed by atoms with van der Waals surface area (Å²) in [5.41, 5.74) is 0. The van der Waals surface area contributed by atoms with Gasteiger partial charge in [0, 0.05) is 0 Å². The summed E-state index contributed by atoms with van der Waals surface area (Å²) in [5, 5.41) is 0. The molecule has 0 spiro atoms. The summed E-state index contributed by atoms with van der Waals surface area (Å²) in [6, 6.07) is 0. The van der Waals surface area contributed by atoms with Gasteiger partial charge >= 0.3 is 59.9 Å². The zero-order chi connectivity index (χ0) is 29.2. The summed E-state index contributed by atoms with van der Waals surface area (Å²) in [4.78, 5) is 0. The van der Waals surface area contributed by atoms with Gasteiger partial charge in [-0.05, 0) is 124 Å². The molecular formula is C19H57O8Si9. The molecule has 0 saturated carbocycles. The quantitative estimate of drug-likeness (QED) is 0.162. The Bertz CT molecular complexity index is 708. The molecule has 0 amide bonds. The SMILES string of the molecule is C[Si](C)O[Si](C)(C)O[Si](C)(C)O[Si](C)(C)O[Si](C)(C)O[Si](C)(C)O[Si](C)(C)O[Si](C)(C)O[Si](C)(C)C. The standard InChI is InChI=1S/C19H57O8Si9/c1-28(2)20-30(6,7)22-32(10,11)24-34(14,15)26-36(18,19)27-35(16,17)25-33(12,13)23-31(8,9)21-29(3,4)5/h1-19H3. The molecule has 0 unspecified atom stereocenters. The first-order chi connectivity index (χ1) is 15.4. The van der Waals surface area contributed by atoms with Crippen LogP contribution < -0.4 is 0 Å². The predicted molar refractivity (Wildman–Crippen MR) is 172 cm³/mol. The molecule has 17 heteroatoms. The largest absolute Gasteiger partial charge is 0.437 e. The van der Waals surface area contributed by atoms with Crippen molar-refractivity contribution in [2.45, 2.75) is 124 Å². The molecule has 1 radical (unpaired) electrons. The number of hydrogen-bond donors (Lipinski definition) is 0. The second-order valence-corrected chi connectivity index (χ2v) is 45.8. The van der Waals surface area contributed by atoms with Gasteiger partial charge < -0.3 is 32.9 Å². The van der Waals surface area contributed by atoms with Gasteiger partial charge in [-0.3, -0.25) is 0 Å². The number of hydrogen-bond acceptors (Lipinski definition) is 8. The summed E-state index contributed by atoms with van der Waals surface area (Å²) >= 11 is 0. The molecule has 0 heterocycles. The van der Waals surface area contributed by atoms with Gasteiger partial charge in [-0.2, -0.15) is 0 Å². The smallest absolute Gasteiger partial charge is 0.314 e. The van der Waals surface area contributed by atoms with E-state index < -0.39 is 77.3 Å². The fourth-order valence-electron chi connectivity index (χ4n) is 4.93. The third kappa shape index (κ3) is 18.1. The van der Waals surface area contributed by atoms with Gasteiger partial charge in [0.15, 0.2) is 17.4 Å². The topological polar surface area (TPSA) is 73.8 Å². The second-order valence-electron chi connectivity index (χ2n) is 13.6. The van der Waals surface area contributed by atoms with Crippen LogP contribution in [0.4, 0.5) is 0 Å². The highest BCUT2D eigenvalue weighted by molar-refractivity contribution is 6.92. The van der Waals surface area contributed by atoms with Gasteiger partial charge in [0.05, 0.1) is 0 Å². The van der Waals surface area contributed by atoms with Crippen molar-refractivity contribution in [3.05, 3.63) is 0 Å². The average Bonchev–Trinajstić information content (AvgIpc) is 2.31. The van der Waals surface area contributed by atoms with Crippen LogP contribution in [-0.4, -0.2) is 77.3 Å². The zero-order valence-corrected chi connectivity index (χ0v) is 35.8. The second kappa shape index (κ2) is 12.7. The molecule has 0 atom stereocenters. The van der Waals surface area contributed by atoms with Crippen LogP contribution in [0.1, 0.15) is 0 Å². The highest BCUT2D eigenvalue weighted by Crippen LogP contribution is 2.29. The van der Waals surface area contributed by atoms with Gasteiger partial charge in [-0.15, -0.1) is 0 Å². The van der Waals surface area contributed by atoms with Crippen molar-refractivity contribution in [2.75, 3.05) is 0 Å². The lowest BCUT2D eigenvalue weighted by molar-refractivity contribution is 0.261. The van der Waals surface area contributed by atoms with Crippen LogP contribution in [-0.2, 0) is 32.9 Å². The molecule has 0 N–H and O–H groups in total. The van der Waals surface area contributed by atoms with Gasteiger partial charge in [0.1, 0.15) is 0 Å². The first-order valence-corrected chi connectivity index (χ1v) is 38.3. The Morgan fingerprint density at radius 3 is 0.694 bits per heavy atom. The molecule has 0 aromatic heterocycles. The maximum Gasteiger partial charge on any atom is 0.314 e. The molecule has 0 fully saturated rings. The van der Waals surface area contributed by atoms with Gasteiger partial charge in [0.25, 0.3) is 0 Å². The van der Waals surface area contributed by atoms with Crippen molar-refractivity contribution >= 4 is 77.3 Å². The van der Waals surface area contributed by atoms with E-state index in [1.807, 2.05) is 0 Å². The predicted octanol–water partition coefficient (Wildman–Crippen LogP) is 7.12. The van der Waals surface area contributed by atoms with E-state index >= 15 is 0 Å². The summed E-state index contributed by atoms with van der Waals surface area (Å²) in [6.07, 6.45) is 0. The Balaban J connectivity index is 5.32. The van der Waals surface area contributed by atoms with Crippen molar-refractivity contribution < 1.29 is 32.9 Å². The molecule has 0 saturated heterocycles. The molecule has 217 valence electrons. The van der Waals surface area contributed by atoms with Crippen molar-refractivity contribution in [2.24, 2.45) is 0 Å². The van der Waals surface area contributed by atoms with Crippen LogP contribution in [0.25, 0.3) is 0 Å². The Hall–Kier alpha value is 1.63. The normalized spacial score (nSPS) is 15.7. The molecule has 36 heavy (non-hydrogen) atoms. The molecule has 0 aliphatic carbocycles. The van der Waals surface area contributed by atoms with Crippen LogP contribution in [0.5, 0.6) is 0 Å². The fourth-order valence-corrected chi connectivity index (χ4v) is 47.0. The summed E-state index contributed by atoms with van der Waals surface area (Å²) in [5.74, 6) is 0. The van der Waals surface area contributed by atoms with Crippen LogP contribution >= 0.6 is 0 Å². The monoisotopic (exact) mass is 665 g/mol. The molecule has 0 aliphatic rings. The van der Waals surface area contributed by atoms with Crippen LogP contribution in [0, 0.1) is 0 Å². The molecule has 0 aromatic carbocycles. The highest BCUT2D eigenvalue weighted by atomic mass is 28.5. The minimum Gasteiger partial charge on any atom is -0.437 e. The van der Waals surface area contributed by atoms with E-state index in [0.717, 1.165) is 0 Å². The maximum absolute atomic E-state index is 6.67. The third-order valence-electron chi connectivity index (χ3n) is 3.95. The third-order valence-corrected chi connectivity index (χ3v) is 35.6. The Morgan fingerprint density at radius 1 is 0.306 bits per heavy atom. The maximum atomic E-state index is 6.67. The lowest BCUT2D eigenvalue weighted by atomic mass is 11.8. The van der Waals surface area contributed by atoms with E-state index in [-0.39, 0.29) is 0 Å². The molecule has 0 aromatic rings. The Morgan fingerprint density at radius 2 is 0.500 bits per heavy atom. The summed E-state index contributed by atoms with van der Waals surface area (Å²) < 4.78 is 52.2. The van der Waals surface area contributed by atoms with Crippen molar-refractivity contribution in [1.82, 2.24) is 0 Å². The average molecular weight is 666 g/mol. The Kier molecular flexibility index (Phi) is 13.2. The molecular weight excluding hydrogens is 609 g/mol. The minimum atomic E-state index is -2.58. The Labute approximate surface area is 233 Å². The highest BCUT2D eigenvalue weighted by Gasteiger charge is 2.49. The molecule has 8 nitrogen and oxygen atoms in total. The molecule has 0 rings (SSSR count). The van der Waals surface area contributed by atoms with E-state index in [1.165, 1.54) is 0 Å². The van der Waals surface area contributed by atoms with Crippen molar-refractivity contribution in [1.29, 1.82) is 0 Å². The molecule has 0 aliphatic heterocycles. The summed E-state index contributed by atoms with van der Waals surface area (Å²) in [6.45, 7) is 40.1. The van der Waals surface area contributed by atoms with Gasteiger partial charge in [-0.1, -0.05) is 0 Å². The fraction of sp³-hybridized carbons (Fsp3) is 1.00. The van der Waals surface area contributed by atoms with Crippen LogP contribution in [0.15, 0.2) is 0 Å². The van der Waals surface area contributed by atoms with Crippen LogP contribution in [0.2, 0.25) is 124 Å². The minimum absolute atomic E-state index is 0.840. The molecule has 0 bridgehead atoms. The number of rotatable bonds is 16. The van der Waals surface area contributed by atoms with E-state index in [2.05, 4.69) is 124 Å². The van der Waals surface area contributed by atoms with E-state index in [1.54, 1.807) is 0 Å². The van der Waals surface area contributed by atoms with Gasteiger partial charge in [-0.25, -0.2) is 0 Å².